The number of para-hydroxylation sites is 1. The SMILES string of the molecule is NC1=NC2(CO1)c1ccccc1Oc1nc(-c3cccnc3)ccc12. The third kappa shape index (κ3) is 2.00. The third-order valence-electron chi connectivity index (χ3n) is 4.53. The van der Waals surface area contributed by atoms with Crippen LogP contribution in [0.15, 0.2) is 65.9 Å². The number of ether oxygens (including phenoxy) is 2. The van der Waals surface area contributed by atoms with E-state index in [9.17, 15) is 0 Å². The Labute approximate surface area is 144 Å². The summed E-state index contributed by atoms with van der Waals surface area (Å²) >= 11 is 0. The molecule has 1 spiro atoms. The molecule has 0 amide bonds. The van der Waals surface area contributed by atoms with Gasteiger partial charge in [0.1, 0.15) is 12.4 Å². The van der Waals surface area contributed by atoms with Crippen molar-refractivity contribution in [2.24, 2.45) is 10.7 Å². The molecule has 122 valence electrons. The van der Waals surface area contributed by atoms with Gasteiger partial charge in [-0.05, 0) is 30.3 Å². The summed E-state index contributed by atoms with van der Waals surface area (Å²) in [6, 6.07) is 15.7. The van der Waals surface area contributed by atoms with Crippen molar-refractivity contribution in [2.45, 2.75) is 5.54 Å². The van der Waals surface area contributed by atoms with Gasteiger partial charge in [-0.15, -0.1) is 0 Å². The number of aliphatic imine (C=N–C) groups is 1. The predicted molar refractivity (Wildman–Crippen MR) is 92.3 cm³/mol. The van der Waals surface area contributed by atoms with E-state index in [1.807, 2.05) is 48.5 Å². The highest BCUT2D eigenvalue weighted by atomic mass is 16.5. The Kier molecular flexibility index (Phi) is 2.82. The molecule has 0 saturated carbocycles. The van der Waals surface area contributed by atoms with Crippen molar-refractivity contribution >= 4 is 6.02 Å². The van der Waals surface area contributed by atoms with Gasteiger partial charge in [0.25, 0.3) is 6.02 Å². The molecule has 5 rings (SSSR count). The van der Waals surface area contributed by atoms with Crippen molar-refractivity contribution in [3.63, 3.8) is 0 Å². The topological polar surface area (TPSA) is 82.6 Å². The van der Waals surface area contributed by atoms with Gasteiger partial charge in [0.2, 0.25) is 5.88 Å². The molecular weight excluding hydrogens is 316 g/mol. The lowest BCUT2D eigenvalue weighted by Crippen LogP contribution is -2.31. The molecule has 0 fully saturated rings. The van der Waals surface area contributed by atoms with Crippen LogP contribution in [0.4, 0.5) is 0 Å². The second kappa shape index (κ2) is 5.04. The van der Waals surface area contributed by atoms with Gasteiger partial charge in [0, 0.05) is 23.5 Å². The fourth-order valence-electron chi connectivity index (χ4n) is 3.36. The zero-order valence-electron chi connectivity index (χ0n) is 13.2. The number of rotatable bonds is 1. The number of benzene rings is 1. The molecule has 1 atom stereocenters. The molecule has 1 unspecified atom stereocenters. The smallest absolute Gasteiger partial charge is 0.283 e. The number of nitrogens with zero attached hydrogens (tertiary/aromatic N) is 3. The number of hydrogen-bond donors (Lipinski definition) is 1. The van der Waals surface area contributed by atoms with Gasteiger partial charge >= 0.3 is 0 Å². The number of pyridine rings is 2. The van der Waals surface area contributed by atoms with Crippen LogP contribution in [-0.4, -0.2) is 22.6 Å². The molecule has 6 heteroatoms. The lowest BCUT2D eigenvalue weighted by molar-refractivity contribution is 0.262. The van der Waals surface area contributed by atoms with Crippen LogP contribution >= 0.6 is 0 Å². The summed E-state index contributed by atoms with van der Waals surface area (Å²) in [6.07, 6.45) is 3.51. The maximum Gasteiger partial charge on any atom is 0.283 e. The number of fused-ring (bicyclic) bond motifs is 4. The van der Waals surface area contributed by atoms with E-state index in [4.69, 9.17) is 20.2 Å². The molecule has 0 bridgehead atoms. The van der Waals surface area contributed by atoms with Crippen molar-refractivity contribution in [3.8, 4) is 22.9 Å². The molecule has 25 heavy (non-hydrogen) atoms. The van der Waals surface area contributed by atoms with E-state index in [1.165, 1.54) is 0 Å². The standard InChI is InChI=1S/C19H14N4O2/c20-18-23-19(11-24-18)13-5-1-2-6-16(13)25-17-14(19)7-8-15(22-17)12-4-3-9-21-10-12/h1-10H,11H2,(H2,20,23). The van der Waals surface area contributed by atoms with Crippen molar-refractivity contribution < 1.29 is 9.47 Å². The first-order valence-corrected chi connectivity index (χ1v) is 7.94. The minimum atomic E-state index is -0.714. The zero-order valence-corrected chi connectivity index (χ0v) is 13.2. The summed E-state index contributed by atoms with van der Waals surface area (Å²) < 4.78 is 11.6. The van der Waals surface area contributed by atoms with E-state index in [0.717, 1.165) is 22.4 Å². The van der Waals surface area contributed by atoms with E-state index in [-0.39, 0.29) is 6.02 Å². The average molecular weight is 330 g/mol. The molecule has 0 aliphatic carbocycles. The molecule has 4 heterocycles. The molecule has 3 aromatic rings. The Balaban J connectivity index is 1.72. The quantitative estimate of drug-likeness (QED) is 0.742. The van der Waals surface area contributed by atoms with E-state index in [2.05, 4.69) is 9.98 Å². The summed E-state index contributed by atoms with van der Waals surface area (Å²) in [7, 11) is 0. The van der Waals surface area contributed by atoms with Crippen LogP contribution in [-0.2, 0) is 10.3 Å². The van der Waals surface area contributed by atoms with Crippen molar-refractivity contribution in [2.75, 3.05) is 6.61 Å². The summed E-state index contributed by atoms with van der Waals surface area (Å²) in [6.45, 7) is 0.333. The molecule has 0 radical (unpaired) electrons. The summed E-state index contributed by atoms with van der Waals surface area (Å²) in [5.41, 5.74) is 8.61. The van der Waals surface area contributed by atoms with Crippen molar-refractivity contribution in [1.82, 2.24) is 9.97 Å². The van der Waals surface area contributed by atoms with Gasteiger partial charge in [-0.25, -0.2) is 9.98 Å². The largest absolute Gasteiger partial charge is 0.462 e. The Hall–Kier alpha value is -3.41. The van der Waals surface area contributed by atoms with Crippen molar-refractivity contribution in [3.05, 3.63) is 72.1 Å². The number of amidine groups is 1. The first kappa shape index (κ1) is 14.0. The third-order valence-corrected chi connectivity index (χ3v) is 4.53. The normalized spacial score (nSPS) is 20.2. The number of nitrogens with two attached hydrogens (primary N) is 1. The zero-order chi connectivity index (χ0) is 16.9. The lowest BCUT2D eigenvalue weighted by Gasteiger charge is -2.32. The highest BCUT2D eigenvalue weighted by molar-refractivity contribution is 5.76. The first-order chi connectivity index (χ1) is 12.3. The summed E-state index contributed by atoms with van der Waals surface area (Å²) in [4.78, 5) is 13.5. The molecule has 1 aromatic carbocycles. The highest BCUT2D eigenvalue weighted by Crippen LogP contribution is 2.50. The highest BCUT2D eigenvalue weighted by Gasteiger charge is 2.47. The van der Waals surface area contributed by atoms with Gasteiger partial charge in [-0.3, -0.25) is 4.98 Å². The lowest BCUT2D eigenvalue weighted by atomic mass is 9.82. The molecule has 6 nitrogen and oxygen atoms in total. The molecule has 2 N–H and O–H groups in total. The molecule has 2 aliphatic heterocycles. The molecule has 2 aliphatic rings. The molecule has 0 saturated heterocycles. The summed E-state index contributed by atoms with van der Waals surface area (Å²) in [5, 5.41) is 0. The Morgan fingerprint density at radius 2 is 1.92 bits per heavy atom. The van der Waals surface area contributed by atoms with Gasteiger partial charge in [-0.1, -0.05) is 18.2 Å². The van der Waals surface area contributed by atoms with Crippen LogP contribution in [0.3, 0.4) is 0 Å². The van der Waals surface area contributed by atoms with Gasteiger partial charge in [-0.2, -0.15) is 0 Å². The fraction of sp³-hybridized carbons (Fsp3) is 0.105. The van der Waals surface area contributed by atoms with Crippen LogP contribution < -0.4 is 10.5 Å². The molecule has 2 aromatic heterocycles. The van der Waals surface area contributed by atoms with Gasteiger partial charge in [0.05, 0.1) is 11.3 Å². The van der Waals surface area contributed by atoms with Crippen LogP contribution in [0.5, 0.6) is 11.6 Å². The van der Waals surface area contributed by atoms with Crippen LogP contribution in [0.1, 0.15) is 11.1 Å². The monoisotopic (exact) mass is 330 g/mol. The first-order valence-electron chi connectivity index (χ1n) is 7.94. The van der Waals surface area contributed by atoms with E-state index < -0.39 is 5.54 Å². The number of aromatic nitrogens is 2. The second-order valence-corrected chi connectivity index (χ2v) is 5.99. The molecular formula is C19H14N4O2. The van der Waals surface area contributed by atoms with Crippen LogP contribution in [0.2, 0.25) is 0 Å². The minimum Gasteiger partial charge on any atom is -0.462 e. The maximum absolute atomic E-state index is 6.06. The fourth-order valence-corrected chi connectivity index (χ4v) is 3.36. The van der Waals surface area contributed by atoms with Crippen LogP contribution in [0.25, 0.3) is 11.3 Å². The van der Waals surface area contributed by atoms with Gasteiger partial charge < -0.3 is 15.2 Å². The summed E-state index contributed by atoms with van der Waals surface area (Å²) in [5.74, 6) is 1.23. The number of hydrogen-bond acceptors (Lipinski definition) is 6. The van der Waals surface area contributed by atoms with E-state index >= 15 is 0 Å². The van der Waals surface area contributed by atoms with E-state index in [0.29, 0.717) is 18.2 Å². The van der Waals surface area contributed by atoms with E-state index in [1.54, 1.807) is 12.4 Å². The Morgan fingerprint density at radius 3 is 2.72 bits per heavy atom. The Morgan fingerprint density at radius 1 is 1.00 bits per heavy atom. The maximum atomic E-state index is 6.06. The second-order valence-electron chi connectivity index (χ2n) is 5.99. The Bertz CT molecular complexity index is 1000. The van der Waals surface area contributed by atoms with Gasteiger partial charge in [0.15, 0.2) is 5.54 Å². The average Bonchev–Trinajstić information content (AvgIpc) is 3.05. The minimum absolute atomic E-state index is 0.180. The predicted octanol–water partition coefficient (Wildman–Crippen LogP) is 2.84. The van der Waals surface area contributed by atoms with Crippen LogP contribution in [0, 0.1) is 0 Å². The van der Waals surface area contributed by atoms with Crippen molar-refractivity contribution in [1.29, 1.82) is 0 Å².